The van der Waals surface area contributed by atoms with Crippen LogP contribution in [-0.2, 0) is 16.0 Å². The van der Waals surface area contributed by atoms with Crippen LogP contribution in [0, 0.1) is 5.82 Å². The van der Waals surface area contributed by atoms with E-state index in [9.17, 15) is 18.8 Å². The van der Waals surface area contributed by atoms with E-state index in [0.717, 1.165) is 11.3 Å². The lowest BCUT2D eigenvalue weighted by Gasteiger charge is -2.37. The van der Waals surface area contributed by atoms with Crippen molar-refractivity contribution in [3.05, 3.63) is 100 Å². The number of nitrogens with two attached hydrogens (primary N) is 1. The maximum atomic E-state index is 14.3. The van der Waals surface area contributed by atoms with Gasteiger partial charge in [-0.25, -0.2) is 9.18 Å². The van der Waals surface area contributed by atoms with Crippen molar-refractivity contribution in [2.24, 2.45) is 5.73 Å². The third-order valence-corrected chi connectivity index (χ3v) is 6.57. The predicted molar refractivity (Wildman–Crippen MR) is 148 cm³/mol. The molecule has 11 heteroatoms. The van der Waals surface area contributed by atoms with Gasteiger partial charge in [0.15, 0.2) is 5.82 Å². The van der Waals surface area contributed by atoms with Gasteiger partial charge < -0.3 is 31.7 Å². The maximum Gasteiger partial charge on any atom is 0.335 e. The van der Waals surface area contributed by atoms with Crippen LogP contribution >= 0.6 is 11.6 Å². The Hall–Kier alpha value is -4.57. The minimum absolute atomic E-state index is 0.0385. The number of carboxylic acids is 1. The number of nitrogens with zero attached hydrogens (tertiary/aromatic N) is 1. The van der Waals surface area contributed by atoms with Gasteiger partial charge in [-0.05, 0) is 66.9 Å². The zero-order valence-corrected chi connectivity index (χ0v) is 21.8. The molecule has 0 saturated heterocycles. The fraction of sp³-hybridized carbons (Fsp3) is 0.179. The molecule has 1 unspecified atom stereocenters. The van der Waals surface area contributed by atoms with Crippen LogP contribution in [0.5, 0.6) is 0 Å². The highest BCUT2D eigenvalue weighted by atomic mass is 35.5. The van der Waals surface area contributed by atoms with Crippen molar-refractivity contribution < 1.29 is 23.9 Å². The van der Waals surface area contributed by atoms with Gasteiger partial charge in [0.1, 0.15) is 11.7 Å². The molecule has 39 heavy (non-hydrogen) atoms. The number of nitrogens with one attached hydrogen (secondary N) is 3. The number of halogens is 2. The van der Waals surface area contributed by atoms with Gasteiger partial charge in [0, 0.05) is 30.7 Å². The molecule has 202 valence electrons. The Morgan fingerprint density at radius 2 is 1.79 bits per heavy atom. The number of anilines is 3. The monoisotopic (exact) mass is 551 g/mol. The summed E-state index contributed by atoms with van der Waals surface area (Å²) in [4.78, 5) is 39.7. The summed E-state index contributed by atoms with van der Waals surface area (Å²) in [7, 11) is 0. The Kier molecular flexibility index (Phi) is 8.36. The zero-order chi connectivity index (χ0) is 28.1. The number of rotatable bonds is 8. The molecule has 4 rings (SSSR count). The second-order valence-corrected chi connectivity index (χ2v) is 9.18. The number of aromatic carboxylic acids is 1. The van der Waals surface area contributed by atoms with Gasteiger partial charge in [-0.3, -0.25) is 9.59 Å². The molecule has 0 aromatic heterocycles. The number of carboxylic acid groups (broad SMARTS) is 1. The van der Waals surface area contributed by atoms with Crippen molar-refractivity contribution in [1.29, 1.82) is 0 Å². The van der Waals surface area contributed by atoms with E-state index in [2.05, 4.69) is 16.0 Å². The topological polar surface area (TPSA) is 137 Å². The number of carbonyl (C=O) groups is 3. The highest BCUT2D eigenvalue weighted by Gasteiger charge is 2.37. The van der Waals surface area contributed by atoms with Crippen LogP contribution in [0.3, 0.4) is 0 Å². The van der Waals surface area contributed by atoms with Gasteiger partial charge in [0.05, 0.1) is 16.3 Å². The fourth-order valence-corrected chi connectivity index (χ4v) is 4.61. The Bertz CT molecular complexity index is 1440. The highest BCUT2D eigenvalue weighted by molar-refractivity contribution is 6.31. The molecule has 0 saturated carbocycles. The molecule has 0 radical (unpaired) electrons. The highest BCUT2D eigenvalue weighted by Crippen LogP contribution is 2.35. The lowest BCUT2D eigenvalue weighted by Crippen LogP contribution is -2.47. The molecule has 0 aliphatic carbocycles. The molecule has 3 aromatic carbocycles. The van der Waals surface area contributed by atoms with Gasteiger partial charge in [-0.15, -0.1) is 0 Å². The van der Waals surface area contributed by atoms with E-state index in [1.54, 1.807) is 18.2 Å². The van der Waals surface area contributed by atoms with E-state index in [-0.39, 0.29) is 28.5 Å². The largest absolute Gasteiger partial charge is 0.478 e. The van der Waals surface area contributed by atoms with Crippen LogP contribution in [0.25, 0.3) is 0 Å². The molecular weight excluding hydrogens is 525 g/mol. The maximum absolute atomic E-state index is 14.3. The molecular formula is C28H27ClFN5O4. The first-order valence-electron chi connectivity index (χ1n) is 12.2. The molecule has 0 bridgehead atoms. The minimum Gasteiger partial charge on any atom is -0.478 e. The zero-order valence-electron chi connectivity index (χ0n) is 21.0. The SMILES string of the molecule is CCNc1cccc2c1CCN(C(=O)/C(N)=C/Nc1cccc(Cl)c1F)C2C(=O)Nc1ccc(C(=O)O)cc1. The van der Waals surface area contributed by atoms with Crippen LogP contribution in [0.1, 0.15) is 34.5 Å². The summed E-state index contributed by atoms with van der Waals surface area (Å²) in [5.41, 5.74) is 8.75. The summed E-state index contributed by atoms with van der Waals surface area (Å²) in [6, 6.07) is 14.6. The van der Waals surface area contributed by atoms with Gasteiger partial charge in [-0.1, -0.05) is 29.8 Å². The summed E-state index contributed by atoms with van der Waals surface area (Å²) in [6.45, 7) is 2.84. The predicted octanol–water partition coefficient (Wildman–Crippen LogP) is 4.59. The molecule has 1 aliphatic heterocycles. The average molecular weight is 552 g/mol. The Morgan fingerprint density at radius 3 is 2.49 bits per heavy atom. The Balaban J connectivity index is 1.65. The summed E-state index contributed by atoms with van der Waals surface area (Å²) in [5, 5.41) is 17.8. The van der Waals surface area contributed by atoms with Crippen LogP contribution in [0.4, 0.5) is 21.5 Å². The van der Waals surface area contributed by atoms with Gasteiger partial charge in [0.2, 0.25) is 0 Å². The van der Waals surface area contributed by atoms with Crippen molar-refractivity contribution in [1.82, 2.24) is 4.90 Å². The Labute approximate surface area is 229 Å². The van der Waals surface area contributed by atoms with Gasteiger partial charge in [0.25, 0.3) is 11.8 Å². The van der Waals surface area contributed by atoms with Crippen LogP contribution in [0.2, 0.25) is 5.02 Å². The number of fused-ring (bicyclic) bond motifs is 1. The third kappa shape index (κ3) is 5.96. The molecule has 3 aromatic rings. The van der Waals surface area contributed by atoms with Crippen molar-refractivity contribution in [3.8, 4) is 0 Å². The Morgan fingerprint density at radius 1 is 1.10 bits per heavy atom. The van der Waals surface area contributed by atoms with E-state index in [1.165, 1.54) is 47.5 Å². The summed E-state index contributed by atoms with van der Waals surface area (Å²) < 4.78 is 14.3. The van der Waals surface area contributed by atoms with Crippen molar-refractivity contribution in [2.45, 2.75) is 19.4 Å². The molecule has 1 heterocycles. The number of hydrogen-bond acceptors (Lipinski definition) is 6. The lowest BCUT2D eigenvalue weighted by atomic mass is 9.90. The van der Waals surface area contributed by atoms with Crippen LogP contribution in [0.15, 0.2) is 72.6 Å². The third-order valence-electron chi connectivity index (χ3n) is 6.28. The first kappa shape index (κ1) is 27.5. The van der Waals surface area contributed by atoms with Crippen molar-refractivity contribution >= 4 is 46.4 Å². The van der Waals surface area contributed by atoms with E-state index in [1.807, 2.05) is 13.0 Å². The molecule has 9 nitrogen and oxygen atoms in total. The molecule has 6 N–H and O–H groups in total. The van der Waals surface area contributed by atoms with Gasteiger partial charge in [-0.2, -0.15) is 0 Å². The first-order chi connectivity index (χ1) is 18.7. The van der Waals surface area contributed by atoms with Crippen LogP contribution < -0.4 is 21.7 Å². The number of hydrogen-bond donors (Lipinski definition) is 5. The van der Waals surface area contributed by atoms with Gasteiger partial charge >= 0.3 is 5.97 Å². The second-order valence-electron chi connectivity index (χ2n) is 8.77. The van der Waals surface area contributed by atoms with Crippen LogP contribution in [-0.4, -0.2) is 40.9 Å². The van der Waals surface area contributed by atoms with Crippen molar-refractivity contribution in [3.63, 3.8) is 0 Å². The molecule has 0 spiro atoms. The van der Waals surface area contributed by atoms with Crippen molar-refractivity contribution in [2.75, 3.05) is 29.0 Å². The van der Waals surface area contributed by atoms with E-state index < -0.39 is 29.6 Å². The molecule has 2 amide bonds. The summed E-state index contributed by atoms with van der Waals surface area (Å²) in [6.07, 6.45) is 1.65. The standard InChI is InChI=1S/C28H27ClFN5O4/c1-2-32-22-7-3-5-19-18(22)13-14-35(25(19)26(36)34-17-11-9-16(10-12-17)28(38)39)27(37)21(31)15-33-23-8-4-6-20(29)24(23)30/h3-12,15,25,32-33H,2,13-14,31H2,1H3,(H,34,36)(H,38,39)/b21-15-. The number of amides is 2. The second kappa shape index (κ2) is 11.9. The lowest BCUT2D eigenvalue weighted by molar-refractivity contribution is -0.136. The smallest absolute Gasteiger partial charge is 0.335 e. The first-order valence-corrected chi connectivity index (χ1v) is 12.6. The normalized spacial score (nSPS) is 14.8. The quantitative estimate of drug-likeness (QED) is 0.258. The molecule has 1 aliphatic rings. The molecule has 1 atom stereocenters. The van der Waals surface area contributed by atoms with E-state index in [0.29, 0.717) is 24.2 Å². The number of benzene rings is 3. The summed E-state index contributed by atoms with van der Waals surface area (Å²) in [5.74, 6) is -2.89. The average Bonchev–Trinajstić information content (AvgIpc) is 2.93. The minimum atomic E-state index is -1.09. The fourth-order valence-electron chi connectivity index (χ4n) is 4.43. The summed E-state index contributed by atoms with van der Waals surface area (Å²) >= 11 is 5.82. The van der Waals surface area contributed by atoms with E-state index >= 15 is 0 Å². The molecule has 0 fully saturated rings. The number of carbonyl (C=O) groups excluding carboxylic acids is 2. The van der Waals surface area contributed by atoms with E-state index in [4.69, 9.17) is 22.4 Å².